The molecule has 0 radical (unpaired) electrons. The number of nitrogens with zero attached hydrogens (tertiary/aromatic N) is 1. The molecule has 0 bridgehead atoms. The topological polar surface area (TPSA) is 348 Å². The van der Waals surface area contributed by atoms with Crippen LogP contribution in [0, 0.1) is 23.7 Å². The lowest BCUT2D eigenvalue weighted by molar-refractivity contribution is -0.145. The van der Waals surface area contributed by atoms with E-state index < -0.39 is 127 Å². The first-order chi connectivity index (χ1) is 29.7. The quantitative estimate of drug-likeness (QED) is 0.0401. The number of aliphatic hydroxyl groups is 3. The molecule has 0 unspecified atom stereocenters. The summed E-state index contributed by atoms with van der Waals surface area (Å²) in [6.45, 7) is 15.4. The van der Waals surface area contributed by atoms with E-state index in [4.69, 9.17) is 5.73 Å². The molecule has 1 saturated heterocycles. The van der Waals surface area contributed by atoms with E-state index >= 15 is 0 Å². The molecule has 1 heterocycles. The van der Waals surface area contributed by atoms with E-state index in [1.807, 2.05) is 27.7 Å². The molecule has 8 amide bonds. The van der Waals surface area contributed by atoms with Gasteiger partial charge < -0.3 is 68.3 Å². The second-order valence-electron chi connectivity index (χ2n) is 18.3. The highest BCUT2D eigenvalue weighted by Crippen LogP contribution is 2.22. The Hall–Kier alpha value is -4.93. The standard InChI is InChI=1S/C42H75N9O13/c1-20(2)14-27(36(57)47-29(16-22(5)6)41(62)51-13-11-12-32(51)39(60)48-30(42(63)64)17-23(7)8)46-38(59)31(19-53)49-34(55)24(9)44-40(61)33(25(10)54)50-37(58)28(15-21(3)4)45-35(56)26(43)18-52/h20-33,52-54H,11-19,43H2,1-10H3,(H,44,61)(H,45,56)(H,46,59)(H,47,57)(H,48,60)(H,49,55)(H,50,58)(H,63,64)/t24-,25+,26-,27-,28-,29-,30-,31-,32-,33-/m0/s1. The van der Waals surface area contributed by atoms with E-state index in [0.29, 0.717) is 6.42 Å². The summed E-state index contributed by atoms with van der Waals surface area (Å²) in [6.07, 6.45) is -0.204. The van der Waals surface area contributed by atoms with E-state index in [1.54, 1.807) is 27.7 Å². The number of hydrogen-bond donors (Lipinski definition) is 12. The molecule has 1 aliphatic heterocycles. The van der Waals surface area contributed by atoms with Gasteiger partial charge in [0, 0.05) is 6.54 Å². The summed E-state index contributed by atoms with van der Waals surface area (Å²) in [5, 5.41) is 56.7. The average Bonchev–Trinajstić information content (AvgIpc) is 3.69. The molecule has 1 fully saturated rings. The largest absolute Gasteiger partial charge is 0.480 e. The third kappa shape index (κ3) is 19.0. The van der Waals surface area contributed by atoms with Gasteiger partial charge in [-0.2, -0.15) is 0 Å². The molecule has 64 heavy (non-hydrogen) atoms. The molecule has 13 N–H and O–H groups in total. The van der Waals surface area contributed by atoms with Gasteiger partial charge in [0.25, 0.3) is 0 Å². The van der Waals surface area contributed by atoms with Crippen LogP contribution in [0.15, 0.2) is 0 Å². The molecule has 0 aromatic rings. The molecular formula is C42H75N9O13. The van der Waals surface area contributed by atoms with Gasteiger partial charge in [-0.25, -0.2) is 4.79 Å². The molecule has 0 saturated carbocycles. The summed E-state index contributed by atoms with van der Waals surface area (Å²) in [5.41, 5.74) is 5.56. The van der Waals surface area contributed by atoms with Crippen LogP contribution < -0.4 is 43.0 Å². The lowest BCUT2D eigenvalue weighted by atomic mass is 9.99. The van der Waals surface area contributed by atoms with Gasteiger partial charge in [-0.05, 0) is 76.0 Å². The molecule has 22 heteroatoms. The van der Waals surface area contributed by atoms with Crippen molar-refractivity contribution in [2.24, 2.45) is 29.4 Å². The van der Waals surface area contributed by atoms with E-state index in [0.717, 1.165) is 0 Å². The molecule has 366 valence electrons. The molecule has 0 aromatic heterocycles. The number of aliphatic hydroxyl groups excluding tert-OH is 3. The van der Waals surface area contributed by atoms with E-state index in [2.05, 4.69) is 37.2 Å². The zero-order chi connectivity index (χ0) is 49.2. The maximum atomic E-state index is 14.0. The van der Waals surface area contributed by atoms with Crippen LogP contribution in [0.25, 0.3) is 0 Å². The number of rotatable bonds is 27. The maximum absolute atomic E-state index is 14.0. The first kappa shape index (κ1) is 57.1. The molecule has 1 rings (SSSR count). The fourth-order valence-corrected chi connectivity index (χ4v) is 6.99. The summed E-state index contributed by atoms with van der Waals surface area (Å²) in [5.74, 6) is -8.14. The first-order valence-electron chi connectivity index (χ1n) is 22.0. The van der Waals surface area contributed by atoms with Crippen LogP contribution in [0.1, 0.15) is 108 Å². The fraction of sp³-hybridized carbons (Fsp3) is 0.786. The van der Waals surface area contributed by atoms with Gasteiger partial charge in [0.2, 0.25) is 47.3 Å². The number of nitrogens with one attached hydrogen (secondary N) is 7. The molecule has 0 aromatic carbocycles. The van der Waals surface area contributed by atoms with Gasteiger partial charge >= 0.3 is 5.97 Å². The Morgan fingerprint density at radius 3 is 1.45 bits per heavy atom. The van der Waals surface area contributed by atoms with E-state index in [-0.39, 0.29) is 62.3 Å². The second-order valence-corrected chi connectivity index (χ2v) is 18.3. The molecule has 1 aliphatic rings. The van der Waals surface area contributed by atoms with Gasteiger partial charge in [0.15, 0.2) is 0 Å². The molecule has 0 aliphatic carbocycles. The van der Waals surface area contributed by atoms with Crippen molar-refractivity contribution < 1.29 is 63.6 Å². The second kappa shape index (κ2) is 27.4. The van der Waals surface area contributed by atoms with Crippen LogP contribution >= 0.6 is 0 Å². The first-order valence-corrected chi connectivity index (χ1v) is 22.0. The third-order valence-electron chi connectivity index (χ3n) is 10.3. The normalized spacial score (nSPS) is 18.2. The predicted octanol–water partition coefficient (Wildman–Crippen LogP) is -2.65. The minimum Gasteiger partial charge on any atom is -0.480 e. The number of hydrogen-bond acceptors (Lipinski definition) is 13. The zero-order valence-electron chi connectivity index (χ0n) is 38.9. The molecular weight excluding hydrogens is 839 g/mol. The zero-order valence-corrected chi connectivity index (χ0v) is 38.9. The number of aliphatic carboxylic acids is 1. The van der Waals surface area contributed by atoms with Gasteiger partial charge in [-0.15, -0.1) is 0 Å². The maximum Gasteiger partial charge on any atom is 0.326 e. The number of carboxylic acids is 1. The van der Waals surface area contributed by atoms with Gasteiger partial charge in [-0.1, -0.05) is 55.4 Å². The number of carbonyl (C=O) groups is 9. The monoisotopic (exact) mass is 914 g/mol. The number of nitrogens with two attached hydrogens (primary N) is 1. The lowest BCUT2D eigenvalue weighted by Crippen LogP contribution is -2.61. The van der Waals surface area contributed by atoms with Crippen LogP contribution in [0.4, 0.5) is 0 Å². The Labute approximate surface area is 375 Å². The molecule has 0 spiro atoms. The van der Waals surface area contributed by atoms with Crippen molar-refractivity contribution in [2.75, 3.05) is 19.8 Å². The van der Waals surface area contributed by atoms with Crippen molar-refractivity contribution in [3.8, 4) is 0 Å². The minimum absolute atomic E-state index is 0.0254. The minimum atomic E-state index is -1.63. The van der Waals surface area contributed by atoms with Crippen LogP contribution in [-0.4, -0.2) is 159 Å². The SMILES string of the molecule is CC(C)C[C@H](NC(=O)[C@@H]1CCCN1C(=O)[C@H](CC(C)C)NC(=O)[C@H](CC(C)C)NC(=O)[C@H](CO)NC(=O)[C@H](C)NC(=O)[C@@H](NC(=O)[C@H](CC(C)C)NC(=O)[C@@H](N)CO)[C@@H](C)O)C(=O)O. The summed E-state index contributed by atoms with van der Waals surface area (Å²) < 4.78 is 0. The number of likely N-dealkylation sites (tertiary alicyclic amines) is 1. The summed E-state index contributed by atoms with van der Waals surface area (Å²) in [4.78, 5) is 120. The summed E-state index contributed by atoms with van der Waals surface area (Å²) in [7, 11) is 0. The van der Waals surface area contributed by atoms with Crippen LogP contribution in [0.3, 0.4) is 0 Å². The van der Waals surface area contributed by atoms with Crippen molar-refractivity contribution in [2.45, 2.75) is 168 Å². The predicted molar refractivity (Wildman–Crippen MR) is 233 cm³/mol. The molecule has 10 atom stereocenters. The average molecular weight is 914 g/mol. The number of amides is 8. The van der Waals surface area contributed by atoms with Gasteiger partial charge in [0.1, 0.15) is 54.4 Å². The van der Waals surface area contributed by atoms with Gasteiger partial charge in [0.05, 0.1) is 19.3 Å². The number of carbonyl (C=O) groups excluding carboxylic acids is 8. The Morgan fingerprint density at radius 2 is 0.984 bits per heavy atom. The van der Waals surface area contributed by atoms with Crippen LogP contribution in [0.2, 0.25) is 0 Å². The highest BCUT2D eigenvalue weighted by molar-refractivity contribution is 5.98. The van der Waals surface area contributed by atoms with Crippen molar-refractivity contribution in [1.29, 1.82) is 0 Å². The van der Waals surface area contributed by atoms with E-state index in [1.165, 1.54) is 18.7 Å². The Balaban J connectivity index is 3.15. The van der Waals surface area contributed by atoms with Crippen LogP contribution in [0.5, 0.6) is 0 Å². The Morgan fingerprint density at radius 1 is 0.547 bits per heavy atom. The van der Waals surface area contributed by atoms with Gasteiger partial charge in [-0.3, -0.25) is 38.4 Å². The van der Waals surface area contributed by atoms with Crippen molar-refractivity contribution in [3.05, 3.63) is 0 Å². The summed E-state index contributed by atoms with van der Waals surface area (Å²) in [6, 6.07) is -11.7. The molecule has 22 nitrogen and oxygen atoms in total. The summed E-state index contributed by atoms with van der Waals surface area (Å²) >= 11 is 0. The Bertz CT molecular complexity index is 1610. The highest BCUT2D eigenvalue weighted by Gasteiger charge is 2.40. The Kier molecular flexibility index (Phi) is 24.4. The fourth-order valence-electron chi connectivity index (χ4n) is 6.99. The smallest absolute Gasteiger partial charge is 0.326 e. The lowest BCUT2D eigenvalue weighted by Gasteiger charge is -2.31. The van der Waals surface area contributed by atoms with Crippen LogP contribution in [-0.2, 0) is 43.2 Å². The van der Waals surface area contributed by atoms with Crippen molar-refractivity contribution in [1.82, 2.24) is 42.1 Å². The third-order valence-corrected chi connectivity index (χ3v) is 10.3. The van der Waals surface area contributed by atoms with Crippen molar-refractivity contribution in [3.63, 3.8) is 0 Å². The van der Waals surface area contributed by atoms with E-state index in [9.17, 15) is 63.6 Å². The van der Waals surface area contributed by atoms with Crippen molar-refractivity contribution >= 4 is 53.2 Å². The highest BCUT2D eigenvalue weighted by atomic mass is 16.4. The number of carboxylic acid groups (broad SMARTS) is 1.